The molecule has 0 saturated heterocycles. The molecular weight excluding hydrogens is 403 g/mol. The average molecular weight is 425 g/mol. The second-order valence-electron chi connectivity index (χ2n) is 7.96. The second-order valence-corrected chi connectivity index (χ2v) is 9.91. The fraction of sp³-hybridized carbons (Fsp3) is 0.400. The number of hydrogen-bond acceptors (Lipinski definition) is 3. The predicted octanol–water partition coefficient (Wildman–Crippen LogP) is 5.56. The zero-order chi connectivity index (χ0) is 19.9. The van der Waals surface area contributed by atoms with Gasteiger partial charge in [-0.05, 0) is 54.4 Å². The number of rotatable bonds is 3. The summed E-state index contributed by atoms with van der Waals surface area (Å²) in [6.07, 6.45) is 2.68. The number of nitrogens with two attached hydrogens (primary N) is 1. The Morgan fingerprint density at radius 3 is 2.59 bits per heavy atom. The maximum Gasteiger partial charge on any atom is 0.257 e. The average Bonchev–Trinajstić information content (AvgIpc) is 2.93. The minimum atomic E-state index is -0.519. The van der Waals surface area contributed by atoms with Crippen molar-refractivity contribution >= 4 is 51.4 Å². The Morgan fingerprint density at radius 1 is 1.26 bits per heavy atom. The highest BCUT2D eigenvalue weighted by atomic mass is 35.5. The smallest absolute Gasteiger partial charge is 0.257 e. The quantitative estimate of drug-likeness (QED) is 0.676. The lowest BCUT2D eigenvalue weighted by molar-refractivity contribution is 0.1000. The molecule has 4 nitrogen and oxygen atoms in total. The molecule has 0 fully saturated rings. The topological polar surface area (TPSA) is 72.2 Å². The van der Waals surface area contributed by atoms with Crippen LogP contribution in [0.5, 0.6) is 0 Å². The lowest BCUT2D eigenvalue weighted by Crippen LogP contribution is -2.27. The zero-order valence-corrected chi connectivity index (χ0v) is 17.8. The Bertz CT molecular complexity index is 915. The number of amides is 2. The first-order chi connectivity index (χ1) is 12.6. The maximum absolute atomic E-state index is 12.7. The third-order valence-corrected chi connectivity index (χ3v) is 6.87. The Morgan fingerprint density at radius 2 is 1.96 bits per heavy atom. The summed E-state index contributed by atoms with van der Waals surface area (Å²) in [6.45, 7) is 6.69. The van der Waals surface area contributed by atoms with Crippen LogP contribution in [0.1, 0.15) is 58.3 Å². The minimum Gasteiger partial charge on any atom is -0.365 e. The van der Waals surface area contributed by atoms with Gasteiger partial charge in [-0.1, -0.05) is 44.0 Å². The summed E-state index contributed by atoms with van der Waals surface area (Å²) in [6, 6.07) is 4.69. The van der Waals surface area contributed by atoms with Crippen molar-refractivity contribution in [2.75, 3.05) is 5.32 Å². The normalized spacial score (nSPS) is 16.7. The number of benzene rings is 1. The lowest BCUT2D eigenvalue weighted by Gasteiger charge is -2.33. The molecule has 0 unspecified atom stereocenters. The van der Waals surface area contributed by atoms with Crippen molar-refractivity contribution in [3.63, 3.8) is 0 Å². The summed E-state index contributed by atoms with van der Waals surface area (Å²) in [4.78, 5) is 25.9. The number of nitrogens with one attached hydrogen (secondary N) is 1. The van der Waals surface area contributed by atoms with E-state index in [1.165, 1.54) is 17.4 Å². The van der Waals surface area contributed by atoms with Crippen LogP contribution in [0.3, 0.4) is 0 Å². The third-order valence-electron chi connectivity index (χ3n) is 5.14. The van der Waals surface area contributed by atoms with E-state index in [4.69, 9.17) is 28.9 Å². The molecule has 0 saturated carbocycles. The van der Waals surface area contributed by atoms with E-state index in [1.54, 1.807) is 12.1 Å². The molecular formula is C20H22Cl2N2O2S. The van der Waals surface area contributed by atoms with Gasteiger partial charge in [-0.2, -0.15) is 0 Å². The summed E-state index contributed by atoms with van der Waals surface area (Å²) in [5.41, 5.74) is 7.49. The van der Waals surface area contributed by atoms with Gasteiger partial charge in [0.2, 0.25) is 0 Å². The number of halogens is 2. The van der Waals surface area contributed by atoms with Crippen molar-refractivity contribution in [3.8, 4) is 0 Å². The number of primary amides is 1. The van der Waals surface area contributed by atoms with Crippen LogP contribution in [0.2, 0.25) is 10.0 Å². The van der Waals surface area contributed by atoms with Gasteiger partial charge >= 0.3 is 0 Å². The monoisotopic (exact) mass is 424 g/mol. The van der Waals surface area contributed by atoms with Crippen LogP contribution in [0, 0.1) is 11.3 Å². The molecule has 1 aromatic heterocycles. The predicted molar refractivity (Wildman–Crippen MR) is 112 cm³/mol. The van der Waals surface area contributed by atoms with Crippen LogP contribution >= 0.6 is 34.5 Å². The molecule has 1 aliphatic carbocycles. The van der Waals surface area contributed by atoms with E-state index in [0.717, 1.165) is 29.7 Å². The van der Waals surface area contributed by atoms with Crippen LogP contribution in [0.25, 0.3) is 0 Å². The van der Waals surface area contributed by atoms with Gasteiger partial charge in [-0.25, -0.2) is 0 Å². The fourth-order valence-corrected chi connectivity index (χ4v) is 5.22. The van der Waals surface area contributed by atoms with E-state index in [1.807, 2.05) is 0 Å². The van der Waals surface area contributed by atoms with E-state index in [9.17, 15) is 9.59 Å². The Hall–Kier alpha value is -1.56. The van der Waals surface area contributed by atoms with Crippen molar-refractivity contribution < 1.29 is 9.59 Å². The van der Waals surface area contributed by atoms with Crippen LogP contribution in [-0.2, 0) is 12.8 Å². The van der Waals surface area contributed by atoms with E-state index >= 15 is 0 Å². The van der Waals surface area contributed by atoms with Crippen molar-refractivity contribution in [2.24, 2.45) is 17.1 Å². The highest BCUT2D eigenvalue weighted by Crippen LogP contribution is 2.44. The molecule has 0 bridgehead atoms. The van der Waals surface area contributed by atoms with Gasteiger partial charge in [-0.15, -0.1) is 11.3 Å². The number of carbonyl (C=O) groups is 2. The fourth-order valence-electron chi connectivity index (χ4n) is 3.52. The van der Waals surface area contributed by atoms with Crippen molar-refractivity contribution in [2.45, 2.75) is 40.0 Å². The molecule has 1 aromatic carbocycles. The summed E-state index contributed by atoms with van der Waals surface area (Å²) in [5.74, 6) is -0.402. The molecule has 1 aliphatic rings. The first-order valence-corrected chi connectivity index (χ1v) is 10.4. The van der Waals surface area contributed by atoms with Gasteiger partial charge in [0.25, 0.3) is 11.8 Å². The number of hydrogen-bond donors (Lipinski definition) is 2. The van der Waals surface area contributed by atoms with Crippen molar-refractivity contribution in [1.82, 2.24) is 0 Å². The lowest BCUT2D eigenvalue weighted by atomic mass is 9.72. The Kier molecular flexibility index (Phi) is 5.57. The molecule has 1 atom stereocenters. The Balaban J connectivity index is 1.95. The molecule has 7 heteroatoms. The van der Waals surface area contributed by atoms with Gasteiger partial charge in [0.15, 0.2) is 0 Å². The van der Waals surface area contributed by atoms with E-state index in [2.05, 4.69) is 26.1 Å². The molecule has 144 valence electrons. The van der Waals surface area contributed by atoms with Gasteiger partial charge in [-0.3, -0.25) is 9.59 Å². The van der Waals surface area contributed by atoms with Crippen LogP contribution in [0.4, 0.5) is 5.00 Å². The van der Waals surface area contributed by atoms with Crippen molar-refractivity contribution in [1.29, 1.82) is 0 Å². The van der Waals surface area contributed by atoms with Crippen LogP contribution in [-0.4, -0.2) is 11.8 Å². The van der Waals surface area contributed by atoms with Gasteiger partial charge in [0.1, 0.15) is 5.00 Å². The van der Waals surface area contributed by atoms with E-state index < -0.39 is 11.8 Å². The summed E-state index contributed by atoms with van der Waals surface area (Å²) >= 11 is 13.5. The molecule has 3 N–H and O–H groups in total. The van der Waals surface area contributed by atoms with E-state index in [-0.39, 0.29) is 11.0 Å². The molecule has 0 radical (unpaired) electrons. The summed E-state index contributed by atoms with van der Waals surface area (Å²) in [7, 11) is 0. The van der Waals surface area contributed by atoms with Crippen LogP contribution < -0.4 is 11.1 Å². The molecule has 0 spiro atoms. The second kappa shape index (κ2) is 7.46. The van der Waals surface area contributed by atoms with E-state index in [0.29, 0.717) is 26.5 Å². The standard InChI is InChI=1S/C20H22Cl2N2O2S/c1-20(2,3)10-4-6-12-15(8-10)27-19(16(12)17(23)25)24-18(26)13-9-11(21)5-7-14(13)22/h5,7,9-10H,4,6,8H2,1-3H3,(H2,23,25)(H,24,26)/t10-/m1/s1. The summed E-state index contributed by atoms with van der Waals surface area (Å²) < 4.78 is 0. The van der Waals surface area contributed by atoms with Gasteiger partial charge in [0.05, 0.1) is 16.1 Å². The highest BCUT2D eigenvalue weighted by Gasteiger charge is 2.33. The maximum atomic E-state index is 12.7. The number of carbonyl (C=O) groups excluding carboxylic acids is 2. The van der Waals surface area contributed by atoms with Gasteiger partial charge in [0, 0.05) is 9.90 Å². The summed E-state index contributed by atoms with van der Waals surface area (Å²) in [5, 5.41) is 4.02. The first kappa shape index (κ1) is 20.2. The highest BCUT2D eigenvalue weighted by molar-refractivity contribution is 7.17. The Labute approximate surface area is 173 Å². The minimum absolute atomic E-state index is 0.187. The van der Waals surface area contributed by atoms with Gasteiger partial charge < -0.3 is 11.1 Å². The number of thiophene rings is 1. The molecule has 3 rings (SSSR count). The number of fused-ring (bicyclic) bond motifs is 1. The molecule has 27 heavy (non-hydrogen) atoms. The first-order valence-electron chi connectivity index (χ1n) is 8.78. The molecule has 2 aromatic rings. The molecule has 0 aliphatic heterocycles. The third kappa shape index (κ3) is 4.15. The number of anilines is 1. The molecule has 2 amide bonds. The zero-order valence-electron chi connectivity index (χ0n) is 15.5. The molecule has 1 heterocycles. The van der Waals surface area contributed by atoms with Crippen LogP contribution in [0.15, 0.2) is 18.2 Å². The largest absolute Gasteiger partial charge is 0.365 e. The SMILES string of the molecule is CC(C)(C)[C@@H]1CCc2c(sc(NC(=O)c3cc(Cl)ccc3Cl)c2C(N)=O)C1. The van der Waals surface area contributed by atoms with Crippen molar-refractivity contribution in [3.05, 3.63) is 49.8 Å².